The van der Waals surface area contributed by atoms with E-state index in [1.807, 2.05) is 25.1 Å². The predicted molar refractivity (Wildman–Crippen MR) is 113 cm³/mol. The van der Waals surface area contributed by atoms with Crippen molar-refractivity contribution in [2.45, 2.75) is 25.8 Å². The van der Waals surface area contributed by atoms with Crippen molar-refractivity contribution in [3.8, 4) is 11.9 Å². The normalized spacial score (nSPS) is 14.8. The fourth-order valence-electron chi connectivity index (χ4n) is 3.23. The van der Waals surface area contributed by atoms with E-state index in [0.29, 0.717) is 27.7 Å². The van der Waals surface area contributed by atoms with E-state index in [4.69, 9.17) is 4.99 Å². The summed E-state index contributed by atoms with van der Waals surface area (Å²) in [7, 11) is 0. The van der Waals surface area contributed by atoms with Crippen LogP contribution in [0.5, 0.6) is 5.88 Å². The SMILES string of the molecule is Cc1ccc(Nc2cc(=NC3CC3)n3ncc(=Cc4[nH]c(=O)[nH]c4O)c3n2)cc1C#N. The molecule has 1 aromatic carbocycles. The molecule has 154 valence electrons. The molecule has 0 saturated heterocycles. The topological polar surface area (TPSA) is 147 Å². The third-order valence-electron chi connectivity index (χ3n) is 5.01. The van der Waals surface area contributed by atoms with Crippen molar-refractivity contribution < 1.29 is 5.11 Å². The summed E-state index contributed by atoms with van der Waals surface area (Å²) < 4.78 is 1.63. The number of nitrogens with one attached hydrogen (secondary N) is 3. The summed E-state index contributed by atoms with van der Waals surface area (Å²) in [6.07, 6.45) is 5.26. The lowest BCUT2D eigenvalue weighted by Crippen LogP contribution is -2.19. The van der Waals surface area contributed by atoms with Crippen LogP contribution in [0.1, 0.15) is 29.7 Å². The lowest BCUT2D eigenvalue weighted by atomic mass is 10.1. The third kappa shape index (κ3) is 3.64. The second-order valence-electron chi connectivity index (χ2n) is 7.45. The van der Waals surface area contributed by atoms with Crippen molar-refractivity contribution in [3.05, 3.63) is 68.5 Å². The molecule has 0 unspecified atom stereocenters. The number of hydrogen-bond acceptors (Lipinski definition) is 7. The highest BCUT2D eigenvalue weighted by atomic mass is 16.3. The van der Waals surface area contributed by atoms with Crippen LogP contribution in [0.4, 0.5) is 11.5 Å². The molecule has 1 saturated carbocycles. The number of aromatic hydroxyl groups is 1. The molecule has 0 amide bonds. The molecule has 31 heavy (non-hydrogen) atoms. The Morgan fingerprint density at radius 2 is 2.19 bits per heavy atom. The monoisotopic (exact) mass is 414 g/mol. The van der Waals surface area contributed by atoms with Gasteiger partial charge in [-0.05, 0) is 43.5 Å². The fourth-order valence-corrected chi connectivity index (χ4v) is 3.23. The molecule has 3 heterocycles. The van der Waals surface area contributed by atoms with Crippen LogP contribution in [0, 0.1) is 18.3 Å². The maximum absolute atomic E-state index is 11.4. The van der Waals surface area contributed by atoms with Crippen LogP contribution in [0.3, 0.4) is 0 Å². The number of nitrogens with zero attached hydrogens (tertiary/aromatic N) is 5. The Kier molecular flexibility index (Phi) is 4.29. The highest BCUT2D eigenvalue weighted by molar-refractivity contribution is 5.63. The minimum atomic E-state index is -0.507. The number of rotatable bonds is 4. The largest absolute Gasteiger partial charge is 0.493 e. The molecule has 0 aliphatic heterocycles. The van der Waals surface area contributed by atoms with Crippen molar-refractivity contribution in [3.63, 3.8) is 0 Å². The molecule has 0 bridgehead atoms. The molecular weight excluding hydrogens is 396 g/mol. The summed E-state index contributed by atoms with van der Waals surface area (Å²) in [6, 6.07) is 9.78. The first-order valence-electron chi connectivity index (χ1n) is 9.73. The van der Waals surface area contributed by atoms with E-state index < -0.39 is 5.69 Å². The number of aryl methyl sites for hydroxylation is 1. The summed E-state index contributed by atoms with van der Waals surface area (Å²) in [4.78, 5) is 25.6. The number of aromatic nitrogens is 5. The molecule has 4 aromatic rings. The number of benzene rings is 1. The standard InChI is InChI=1S/C21H18N8O2/c1-11-2-3-15(6-12(11)9-22)24-17-8-18(25-14-4-5-14)29-19(27-17)13(10-23-29)7-16-20(30)28-21(31)26-16/h2-3,6-8,10,14,24,30H,4-5H2,1H3,(H2,26,28,31). The van der Waals surface area contributed by atoms with E-state index in [0.717, 1.165) is 24.1 Å². The zero-order valence-corrected chi connectivity index (χ0v) is 16.5. The number of anilines is 2. The quantitative estimate of drug-likeness (QED) is 0.391. The van der Waals surface area contributed by atoms with E-state index in [2.05, 4.69) is 31.4 Å². The lowest BCUT2D eigenvalue weighted by Gasteiger charge is -2.08. The number of hydrogen-bond donors (Lipinski definition) is 4. The van der Waals surface area contributed by atoms with Gasteiger partial charge in [-0.2, -0.15) is 14.9 Å². The molecule has 3 aromatic heterocycles. The van der Waals surface area contributed by atoms with Gasteiger partial charge in [-0.3, -0.25) is 9.98 Å². The van der Waals surface area contributed by atoms with E-state index in [-0.39, 0.29) is 17.6 Å². The molecule has 0 radical (unpaired) electrons. The van der Waals surface area contributed by atoms with Gasteiger partial charge in [0.25, 0.3) is 0 Å². The third-order valence-corrected chi connectivity index (χ3v) is 5.01. The Morgan fingerprint density at radius 3 is 2.90 bits per heavy atom. The molecule has 5 rings (SSSR count). The molecule has 1 aliphatic rings. The Balaban J connectivity index is 1.66. The van der Waals surface area contributed by atoms with Crippen LogP contribution in [-0.4, -0.2) is 35.7 Å². The van der Waals surface area contributed by atoms with Gasteiger partial charge in [0.15, 0.2) is 11.1 Å². The number of nitriles is 1. The van der Waals surface area contributed by atoms with Crippen molar-refractivity contribution in [1.29, 1.82) is 5.26 Å². The Labute approximate surface area is 175 Å². The van der Waals surface area contributed by atoms with Gasteiger partial charge in [0, 0.05) is 17.0 Å². The molecule has 4 N–H and O–H groups in total. The zero-order chi connectivity index (χ0) is 21.5. The van der Waals surface area contributed by atoms with Gasteiger partial charge in [-0.15, -0.1) is 0 Å². The number of aromatic amines is 2. The molecule has 0 atom stereocenters. The van der Waals surface area contributed by atoms with Gasteiger partial charge in [-0.25, -0.2) is 9.78 Å². The van der Waals surface area contributed by atoms with Crippen LogP contribution in [0.2, 0.25) is 0 Å². The second kappa shape index (κ2) is 7.14. The number of fused-ring (bicyclic) bond motifs is 1. The van der Waals surface area contributed by atoms with E-state index in [9.17, 15) is 15.2 Å². The highest BCUT2D eigenvalue weighted by Gasteiger charge is 2.20. The van der Waals surface area contributed by atoms with Gasteiger partial charge >= 0.3 is 5.69 Å². The summed E-state index contributed by atoms with van der Waals surface area (Å²) >= 11 is 0. The maximum Gasteiger partial charge on any atom is 0.326 e. The number of imidazole rings is 1. The molecule has 10 nitrogen and oxygen atoms in total. The van der Waals surface area contributed by atoms with Crippen molar-refractivity contribution in [1.82, 2.24) is 24.6 Å². The van der Waals surface area contributed by atoms with Gasteiger partial charge in [0.2, 0.25) is 5.88 Å². The fraction of sp³-hybridized carbons (Fsp3) is 0.190. The van der Waals surface area contributed by atoms with Crippen LogP contribution >= 0.6 is 0 Å². The van der Waals surface area contributed by atoms with Crippen LogP contribution < -0.4 is 21.7 Å². The van der Waals surface area contributed by atoms with Crippen molar-refractivity contribution in [2.75, 3.05) is 5.32 Å². The predicted octanol–water partition coefficient (Wildman–Crippen LogP) is 0.986. The maximum atomic E-state index is 11.4. The first-order valence-corrected chi connectivity index (χ1v) is 9.73. The zero-order valence-electron chi connectivity index (χ0n) is 16.5. The highest BCUT2D eigenvalue weighted by Crippen LogP contribution is 2.23. The second-order valence-corrected chi connectivity index (χ2v) is 7.45. The van der Waals surface area contributed by atoms with Gasteiger partial charge in [0.1, 0.15) is 11.5 Å². The van der Waals surface area contributed by atoms with Crippen molar-refractivity contribution in [2.24, 2.45) is 4.99 Å². The van der Waals surface area contributed by atoms with E-state index in [1.54, 1.807) is 22.9 Å². The number of H-pyrrole nitrogens is 2. The minimum Gasteiger partial charge on any atom is -0.493 e. The molecule has 1 fully saturated rings. The van der Waals surface area contributed by atoms with E-state index in [1.165, 1.54) is 0 Å². The average Bonchev–Trinajstić information content (AvgIpc) is 3.38. The Hall–Kier alpha value is -4.39. The minimum absolute atomic E-state index is 0.234. The summed E-state index contributed by atoms with van der Waals surface area (Å²) in [5, 5.41) is 27.4. The molecule has 10 heteroatoms. The van der Waals surface area contributed by atoms with Crippen molar-refractivity contribution >= 4 is 23.2 Å². The Morgan fingerprint density at radius 1 is 1.35 bits per heavy atom. The Bertz CT molecular complexity index is 1530. The van der Waals surface area contributed by atoms with Crippen LogP contribution in [0.15, 0.2) is 40.2 Å². The van der Waals surface area contributed by atoms with Gasteiger partial charge < -0.3 is 15.4 Å². The molecular formula is C21H18N8O2. The average molecular weight is 414 g/mol. The first-order chi connectivity index (χ1) is 15.0. The lowest BCUT2D eigenvalue weighted by molar-refractivity contribution is 0.454. The molecule has 1 aliphatic carbocycles. The van der Waals surface area contributed by atoms with Crippen LogP contribution in [0.25, 0.3) is 11.7 Å². The van der Waals surface area contributed by atoms with Gasteiger partial charge in [-0.1, -0.05) is 6.07 Å². The van der Waals surface area contributed by atoms with Gasteiger partial charge in [0.05, 0.1) is 23.9 Å². The summed E-state index contributed by atoms with van der Waals surface area (Å²) in [5.74, 6) is 0.284. The summed E-state index contributed by atoms with van der Waals surface area (Å²) in [5.41, 5.74) is 3.10. The molecule has 0 spiro atoms. The smallest absolute Gasteiger partial charge is 0.326 e. The van der Waals surface area contributed by atoms with E-state index >= 15 is 0 Å². The summed E-state index contributed by atoms with van der Waals surface area (Å²) in [6.45, 7) is 1.88. The van der Waals surface area contributed by atoms with Crippen LogP contribution in [-0.2, 0) is 0 Å². The first kappa shape index (κ1) is 18.6.